The van der Waals surface area contributed by atoms with Crippen LogP contribution in [0.5, 0.6) is 0 Å². The van der Waals surface area contributed by atoms with Crippen molar-refractivity contribution in [2.75, 3.05) is 12.8 Å². The predicted octanol–water partition coefficient (Wildman–Crippen LogP) is 3.84. The molecule has 0 saturated heterocycles. The van der Waals surface area contributed by atoms with E-state index in [4.69, 9.17) is 0 Å². The third kappa shape index (κ3) is 3.15. The minimum atomic E-state index is -0.305. The van der Waals surface area contributed by atoms with Crippen LogP contribution in [-0.2, 0) is 0 Å². The number of aryl methyl sites for hydroxylation is 1. The van der Waals surface area contributed by atoms with Crippen LogP contribution in [0.1, 0.15) is 43.4 Å². The monoisotopic (exact) mass is 294 g/mol. The molecule has 1 fully saturated rings. The minimum absolute atomic E-state index is 0.138. The van der Waals surface area contributed by atoms with Gasteiger partial charge in [0.25, 0.3) is 5.69 Å². The molecular formula is C15H22N2O2S. The van der Waals surface area contributed by atoms with E-state index in [1.165, 1.54) is 19.3 Å². The van der Waals surface area contributed by atoms with Gasteiger partial charge >= 0.3 is 0 Å². The highest BCUT2D eigenvalue weighted by Gasteiger charge is 2.36. The van der Waals surface area contributed by atoms with E-state index in [9.17, 15) is 10.1 Å². The Labute approximate surface area is 124 Å². The molecular weight excluding hydrogens is 272 g/mol. The quantitative estimate of drug-likeness (QED) is 0.640. The average molecular weight is 294 g/mol. The standard InChI is InChI=1S/C15H22N2O2S/c1-11-5-6-13(9-14(11)17(18)19)12(2)16-10-15(20-3)7-4-8-15/h5-6,9,12,16H,4,7-8,10H2,1-3H3. The van der Waals surface area contributed by atoms with Gasteiger partial charge in [-0.1, -0.05) is 18.6 Å². The van der Waals surface area contributed by atoms with Gasteiger partial charge in [0.05, 0.1) is 4.92 Å². The van der Waals surface area contributed by atoms with Crippen LogP contribution in [0.4, 0.5) is 5.69 Å². The summed E-state index contributed by atoms with van der Waals surface area (Å²) in [6, 6.07) is 5.64. The molecule has 0 aliphatic heterocycles. The first-order valence-corrected chi connectivity index (χ1v) is 8.23. The summed E-state index contributed by atoms with van der Waals surface area (Å²) in [7, 11) is 0. The number of thioether (sulfide) groups is 1. The van der Waals surface area contributed by atoms with Gasteiger partial charge in [0.15, 0.2) is 0 Å². The first-order valence-electron chi connectivity index (χ1n) is 7.01. The van der Waals surface area contributed by atoms with Gasteiger partial charge in [-0.05, 0) is 38.5 Å². The molecule has 1 aromatic rings. The summed E-state index contributed by atoms with van der Waals surface area (Å²) < 4.78 is 0.380. The molecule has 1 aliphatic rings. The molecule has 1 N–H and O–H groups in total. The van der Waals surface area contributed by atoms with Crippen LogP contribution < -0.4 is 5.32 Å². The first-order chi connectivity index (χ1) is 9.47. The normalized spacial score (nSPS) is 18.4. The lowest BCUT2D eigenvalue weighted by Gasteiger charge is -2.41. The summed E-state index contributed by atoms with van der Waals surface area (Å²) in [5, 5.41) is 14.5. The molecule has 1 aromatic carbocycles. The first kappa shape index (κ1) is 15.3. The summed E-state index contributed by atoms with van der Waals surface area (Å²) in [5.74, 6) is 0. The highest BCUT2D eigenvalue weighted by molar-refractivity contribution is 8.00. The predicted molar refractivity (Wildman–Crippen MR) is 84.3 cm³/mol. The lowest BCUT2D eigenvalue weighted by atomic mass is 9.84. The Bertz CT molecular complexity index is 495. The molecule has 0 spiro atoms. The van der Waals surface area contributed by atoms with Gasteiger partial charge in [0, 0.05) is 29.0 Å². The van der Waals surface area contributed by atoms with Crippen LogP contribution in [0.15, 0.2) is 18.2 Å². The number of nitro benzene ring substituents is 1. The number of hydrogen-bond donors (Lipinski definition) is 1. The van der Waals surface area contributed by atoms with Crippen molar-refractivity contribution in [3.8, 4) is 0 Å². The van der Waals surface area contributed by atoms with E-state index in [1.807, 2.05) is 23.9 Å². The fourth-order valence-corrected chi connectivity index (χ4v) is 3.50. The zero-order valence-electron chi connectivity index (χ0n) is 12.3. The van der Waals surface area contributed by atoms with Gasteiger partial charge in [0.2, 0.25) is 0 Å². The Hall–Kier alpha value is -1.07. The van der Waals surface area contributed by atoms with Gasteiger partial charge in [-0.25, -0.2) is 0 Å². The molecule has 1 atom stereocenters. The fraction of sp³-hybridized carbons (Fsp3) is 0.600. The summed E-state index contributed by atoms with van der Waals surface area (Å²) >= 11 is 1.94. The maximum absolute atomic E-state index is 11.0. The van der Waals surface area contributed by atoms with Crippen molar-refractivity contribution in [2.24, 2.45) is 0 Å². The largest absolute Gasteiger partial charge is 0.309 e. The van der Waals surface area contributed by atoms with Crippen LogP contribution in [0, 0.1) is 17.0 Å². The number of nitro groups is 1. The van der Waals surface area contributed by atoms with Gasteiger partial charge in [0.1, 0.15) is 0 Å². The molecule has 0 bridgehead atoms. The molecule has 0 radical (unpaired) electrons. The molecule has 0 amide bonds. The number of hydrogen-bond acceptors (Lipinski definition) is 4. The fourth-order valence-electron chi connectivity index (χ4n) is 2.57. The van der Waals surface area contributed by atoms with Crippen molar-refractivity contribution < 1.29 is 4.92 Å². The van der Waals surface area contributed by atoms with Crippen molar-refractivity contribution in [1.82, 2.24) is 5.32 Å². The molecule has 110 valence electrons. The van der Waals surface area contributed by atoms with E-state index in [1.54, 1.807) is 13.0 Å². The summed E-state index contributed by atoms with van der Waals surface area (Å²) in [4.78, 5) is 10.7. The lowest BCUT2D eigenvalue weighted by Crippen LogP contribution is -2.44. The summed E-state index contributed by atoms with van der Waals surface area (Å²) in [5.41, 5.74) is 1.91. The molecule has 20 heavy (non-hydrogen) atoms. The molecule has 1 aliphatic carbocycles. The summed E-state index contributed by atoms with van der Waals surface area (Å²) in [6.45, 7) is 4.81. The van der Waals surface area contributed by atoms with Crippen LogP contribution in [0.2, 0.25) is 0 Å². The second-order valence-corrected chi connectivity index (χ2v) is 6.92. The average Bonchev–Trinajstić information content (AvgIpc) is 2.38. The van der Waals surface area contributed by atoms with E-state index in [0.717, 1.165) is 12.1 Å². The highest BCUT2D eigenvalue weighted by atomic mass is 32.2. The zero-order chi connectivity index (χ0) is 14.8. The SMILES string of the molecule is CSC1(CNC(C)c2ccc(C)c([N+](=O)[O-])c2)CCC1. The lowest BCUT2D eigenvalue weighted by molar-refractivity contribution is -0.385. The maximum Gasteiger partial charge on any atom is 0.272 e. The third-order valence-corrected chi connectivity index (χ3v) is 5.78. The van der Waals surface area contributed by atoms with Crippen molar-refractivity contribution in [2.45, 2.75) is 43.9 Å². The Morgan fingerprint density at radius 3 is 2.70 bits per heavy atom. The molecule has 0 heterocycles. The Kier molecular flexibility index (Phi) is 4.70. The molecule has 1 saturated carbocycles. The second-order valence-electron chi connectivity index (χ2n) is 5.65. The van der Waals surface area contributed by atoms with Crippen molar-refractivity contribution >= 4 is 17.4 Å². The van der Waals surface area contributed by atoms with E-state index in [-0.39, 0.29) is 16.7 Å². The van der Waals surface area contributed by atoms with Crippen LogP contribution >= 0.6 is 11.8 Å². The summed E-state index contributed by atoms with van der Waals surface area (Å²) in [6.07, 6.45) is 6.01. The van der Waals surface area contributed by atoms with E-state index >= 15 is 0 Å². The molecule has 2 rings (SSSR count). The molecule has 4 nitrogen and oxygen atoms in total. The Morgan fingerprint density at radius 1 is 1.50 bits per heavy atom. The van der Waals surface area contributed by atoms with Gasteiger partial charge in [-0.3, -0.25) is 10.1 Å². The number of nitrogens with one attached hydrogen (secondary N) is 1. The zero-order valence-corrected chi connectivity index (χ0v) is 13.1. The third-order valence-electron chi connectivity index (χ3n) is 4.36. The van der Waals surface area contributed by atoms with E-state index in [0.29, 0.717) is 10.3 Å². The Morgan fingerprint density at radius 2 is 2.20 bits per heavy atom. The van der Waals surface area contributed by atoms with Gasteiger partial charge in [-0.15, -0.1) is 0 Å². The van der Waals surface area contributed by atoms with Gasteiger partial charge < -0.3 is 5.32 Å². The highest BCUT2D eigenvalue weighted by Crippen LogP contribution is 2.42. The van der Waals surface area contributed by atoms with Crippen LogP contribution in [0.3, 0.4) is 0 Å². The number of nitrogens with zero attached hydrogens (tertiary/aromatic N) is 1. The molecule has 0 aromatic heterocycles. The van der Waals surface area contributed by atoms with Crippen molar-refractivity contribution in [1.29, 1.82) is 0 Å². The Balaban J connectivity index is 2.03. The molecule has 5 heteroatoms. The topological polar surface area (TPSA) is 55.2 Å². The smallest absolute Gasteiger partial charge is 0.272 e. The number of benzene rings is 1. The van der Waals surface area contributed by atoms with Gasteiger partial charge in [-0.2, -0.15) is 11.8 Å². The van der Waals surface area contributed by atoms with Crippen molar-refractivity contribution in [3.63, 3.8) is 0 Å². The van der Waals surface area contributed by atoms with Crippen molar-refractivity contribution in [3.05, 3.63) is 39.4 Å². The maximum atomic E-state index is 11.0. The van der Waals surface area contributed by atoms with E-state index in [2.05, 4.69) is 18.5 Å². The number of rotatable bonds is 6. The van der Waals surface area contributed by atoms with Crippen LogP contribution in [-0.4, -0.2) is 22.5 Å². The van der Waals surface area contributed by atoms with E-state index < -0.39 is 0 Å². The van der Waals surface area contributed by atoms with Crippen LogP contribution in [0.25, 0.3) is 0 Å². The second kappa shape index (κ2) is 6.14. The molecule has 1 unspecified atom stereocenters. The minimum Gasteiger partial charge on any atom is -0.309 e.